The molecule has 1 saturated heterocycles. The predicted molar refractivity (Wildman–Crippen MR) is 88.5 cm³/mol. The molecule has 0 aliphatic carbocycles. The zero-order valence-corrected chi connectivity index (χ0v) is 13.9. The number of benzene rings is 1. The van der Waals surface area contributed by atoms with E-state index in [0.29, 0.717) is 41.8 Å². The summed E-state index contributed by atoms with van der Waals surface area (Å²) in [6.45, 7) is 4.56. The van der Waals surface area contributed by atoms with Gasteiger partial charge in [0, 0.05) is 25.3 Å². The quantitative estimate of drug-likeness (QED) is 0.614. The first-order valence-corrected chi connectivity index (χ1v) is 8.05. The lowest BCUT2D eigenvalue weighted by molar-refractivity contribution is -0.132. The van der Waals surface area contributed by atoms with Gasteiger partial charge in [-0.15, -0.1) is 0 Å². The van der Waals surface area contributed by atoms with Gasteiger partial charge < -0.3 is 15.5 Å². The van der Waals surface area contributed by atoms with Gasteiger partial charge in [0.15, 0.2) is 0 Å². The predicted octanol–water partition coefficient (Wildman–Crippen LogP) is 2.07. The summed E-state index contributed by atoms with van der Waals surface area (Å²) in [6.07, 6.45) is 0.506. The molecular weight excluding hydrogens is 325 g/mol. The number of likely N-dealkylation sites (N-methyl/N-ethyl adjacent to an activating group) is 1. The molecule has 7 heteroatoms. The van der Waals surface area contributed by atoms with E-state index < -0.39 is 5.92 Å². The maximum absolute atomic E-state index is 12.4. The van der Waals surface area contributed by atoms with Crippen molar-refractivity contribution in [3.05, 3.63) is 28.2 Å². The zero-order chi connectivity index (χ0) is 16.1. The molecule has 1 heterocycles. The second-order valence-electron chi connectivity index (χ2n) is 5.07. The Balaban J connectivity index is 1.97. The Kier molecular flexibility index (Phi) is 6.06. The van der Waals surface area contributed by atoms with Crippen LogP contribution in [0.1, 0.15) is 13.3 Å². The maximum atomic E-state index is 12.4. The van der Waals surface area contributed by atoms with Crippen molar-refractivity contribution in [3.63, 3.8) is 0 Å². The third-order valence-corrected chi connectivity index (χ3v) is 4.33. The number of halogens is 2. The Labute approximate surface area is 139 Å². The van der Waals surface area contributed by atoms with Gasteiger partial charge in [0.1, 0.15) is 5.92 Å². The van der Waals surface area contributed by atoms with Crippen LogP contribution in [0.25, 0.3) is 0 Å². The van der Waals surface area contributed by atoms with Gasteiger partial charge in [0.05, 0.1) is 10.0 Å². The number of hydrogen-bond donors (Lipinski definition) is 2. The molecule has 2 N–H and O–H groups in total. The van der Waals surface area contributed by atoms with Crippen LogP contribution in [0.3, 0.4) is 0 Å². The first kappa shape index (κ1) is 17.1. The monoisotopic (exact) mass is 343 g/mol. The first-order chi connectivity index (χ1) is 10.5. The van der Waals surface area contributed by atoms with Crippen molar-refractivity contribution in [3.8, 4) is 0 Å². The third kappa shape index (κ3) is 3.91. The molecule has 1 aliphatic heterocycles. The minimum Gasteiger partial charge on any atom is -0.354 e. The van der Waals surface area contributed by atoms with Crippen LogP contribution in [0.5, 0.6) is 0 Å². The van der Waals surface area contributed by atoms with Crippen molar-refractivity contribution in [2.45, 2.75) is 13.3 Å². The van der Waals surface area contributed by atoms with Crippen LogP contribution in [0, 0.1) is 5.92 Å². The molecule has 1 atom stereocenters. The van der Waals surface area contributed by atoms with Gasteiger partial charge in [0.25, 0.3) is 0 Å². The molecule has 1 fully saturated rings. The Morgan fingerprint density at radius 3 is 2.77 bits per heavy atom. The average molecular weight is 344 g/mol. The van der Waals surface area contributed by atoms with E-state index in [9.17, 15) is 9.59 Å². The van der Waals surface area contributed by atoms with Crippen molar-refractivity contribution in [2.24, 2.45) is 5.92 Å². The lowest BCUT2D eigenvalue weighted by Crippen LogP contribution is -2.39. The molecule has 2 amide bonds. The number of nitrogens with one attached hydrogen (secondary N) is 2. The molecular formula is C15H19Cl2N3O2. The van der Waals surface area contributed by atoms with E-state index in [-0.39, 0.29) is 11.8 Å². The summed E-state index contributed by atoms with van der Waals surface area (Å²) in [5, 5.41) is 6.73. The molecule has 1 aliphatic rings. The highest BCUT2D eigenvalue weighted by Crippen LogP contribution is 2.31. The fraction of sp³-hybridized carbons (Fsp3) is 0.467. The number of carbonyl (C=O) groups excluding carboxylic acids is 2. The second-order valence-corrected chi connectivity index (χ2v) is 5.89. The molecule has 0 radical (unpaired) electrons. The summed E-state index contributed by atoms with van der Waals surface area (Å²) in [5.41, 5.74) is 0.669. The summed E-state index contributed by atoms with van der Waals surface area (Å²) >= 11 is 11.9. The summed E-state index contributed by atoms with van der Waals surface area (Å²) in [4.78, 5) is 26.1. The highest BCUT2D eigenvalue weighted by Gasteiger charge is 2.37. The summed E-state index contributed by atoms with van der Waals surface area (Å²) < 4.78 is 0. The van der Waals surface area contributed by atoms with Crippen LogP contribution in [0.2, 0.25) is 10.0 Å². The van der Waals surface area contributed by atoms with E-state index in [1.807, 2.05) is 6.92 Å². The summed E-state index contributed by atoms with van der Waals surface area (Å²) in [7, 11) is 0. The van der Waals surface area contributed by atoms with Crippen LogP contribution in [0.4, 0.5) is 5.69 Å². The van der Waals surface area contributed by atoms with Crippen molar-refractivity contribution in [2.75, 3.05) is 31.1 Å². The molecule has 0 spiro atoms. The molecule has 0 aromatic heterocycles. The topological polar surface area (TPSA) is 61.4 Å². The second kappa shape index (κ2) is 7.81. The Hall–Kier alpha value is -1.30. The molecule has 2 rings (SSSR count). The standard InChI is InChI=1S/C15H19Cl2N3O2/c1-2-18-6-7-19-14(21)11-5-8-20(15(11)22)10-3-4-12(16)13(17)9-10/h3-4,9,11,18H,2,5-8H2,1H3,(H,19,21). The molecule has 0 bridgehead atoms. The van der Waals surface area contributed by atoms with Gasteiger partial charge in [-0.2, -0.15) is 0 Å². The third-order valence-electron chi connectivity index (χ3n) is 3.59. The van der Waals surface area contributed by atoms with Gasteiger partial charge in [0.2, 0.25) is 11.8 Å². The number of nitrogens with zero attached hydrogens (tertiary/aromatic N) is 1. The Bertz CT molecular complexity index is 566. The lowest BCUT2D eigenvalue weighted by atomic mass is 10.1. The normalized spacial score (nSPS) is 17.9. The molecule has 1 unspecified atom stereocenters. The molecule has 1 aromatic carbocycles. The van der Waals surface area contributed by atoms with Gasteiger partial charge in [-0.3, -0.25) is 9.59 Å². The van der Waals surface area contributed by atoms with E-state index in [1.54, 1.807) is 23.1 Å². The van der Waals surface area contributed by atoms with Gasteiger partial charge in [-0.25, -0.2) is 0 Å². The number of rotatable bonds is 6. The Morgan fingerprint density at radius 1 is 1.32 bits per heavy atom. The van der Waals surface area contributed by atoms with Gasteiger partial charge >= 0.3 is 0 Å². The maximum Gasteiger partial charge on any atom is 0.239 e. The largest absolute Gasteiger partial charge is 0.354 e. The average Bonchev–Trinajstić information content (AvgIpc) is 2.88. The SMILES string of the molecule is CCNCCNC(=O)C1CCN(c2ccc(Cl)c(Cl)c2)C1=O. The number of carbonyl (C=O) groups is 2. The minimum atomic E-state index is -0.629. The number of anilines is 1. The van der Waals surface area contributed by atoms with Crippen LogP contribution in [-0.2, 0) is 9.59 Å². The van der Waals surface area contributed by atoms with Crippen molar-refractivity contribution >= 4 is 40.7 Å². The first-order valence-electron chi connectivity index (χ1n) is 7.29. The number of hydrogen-bond acceptors (Lipinski definition) is 3. The van der Waals surface area contributed by atoms with E-state index >= 15 is 0 Å². The highest BCUT2D eigenvalue weighted by atomic mass is 35.5. The van der Waals surface area contributed by atoms with Crippen LogP contribution >= 0.6 is 23.2 Å². The minimum absolute atomic E-state index is 0.195. The van der Waals surface area contributed by atoms with Gasteiger partial charge in [-0.05, 0) is 31.2 Å². The Morgan fingerprint density at radius 2 is 2.09 bits per heavy atom. The van der Waals surface area contributed by atoms with Crippen molar-refractivity contribution in [1.29, 1.82) is 0 Å². The van der Waals surface area contributed by atoms with E-state index in [2.05, 4.69) is 10.6 Å². The number of amides is 2. The van der Waals surface area contributed by atoms with Crippen molar-refractivity contribution < 1.29 is 9.59 Å². The van der Waals surface area contributed by atoms with Gasteiger partial charge in [-0.1, -0.05) is 30.1 Å². The molecule has 0 saturated carbocycles. The molecule has 120 valence electrons. The molecule has 1 aromatic rings. The van der Waals surface area contributed by atoms with Crippen LogP contribution in [0.15, 0.2) is 18.2 Å². The lowest BCUT2D eigenvalue weighted by Gasteiger charge is -2.17. The van der Waals surface area contributed by atoms with E-state index in [0.717, 1.165) is 6.54 Å². The summed E-state index contributed by atoms with van der Waals surface area (Å²) in [6, 6.07) is 5.03. The van der Waals surface area contributed by atoms with Crippen LogP contribution < -0.4 is 15.5 Å². The fourth-order valence-electron chi connectivity index (χ4n) is 2.41. The highest BCUT2D eigenvalue weighted by molar-refractivity contribution is 6.42. The molecule has 22 heavy (non-hydrogen) atoms. The molecule has 5 nitrogen and oxygen atoms in total. The zero-order valence-electron chi connectivity index (χ0n) is 12.4. The van der Waals surface area contributed by atoms with E-state index in [1.165, 1.54) is 0 Å². The van der Waals surface area contributed by atoms with E-state index in [4.69, 9.17) is 23.2 Å². The van der Waals surface area contributed by atoms with Crippen LogP contribution in [-0.4, -0.2) is 38.0 Å². The summed E-state index contributed by atoms with van der Waals surface area (Å²) in [5.74, 6) is -1.04. The fourth-order valence-corrected chi connectivity index (χ4v) is 2.70. The van der Waals surface area contributed by atoms with Crippen molar-refractivity contribution in [1.82, 2.24) is 10.6 Å². The smallest absolute Gasteiger partial charge is 0.239 e.